The van der Waals surface area contributed by atoms with Crippen molar-refractivity contribution in [1.82, 2.24) is 4.90 Å². The van der Waals surface area contributed by atoms with Gasteiger partial charge in [-0.3, -0.25) is 4.79 Å². The fourth-order valence-electron chi connectivity index (χ4n) is 3.05. The normalized spacial score (nSPS) is 10.4. The molecule has 0 aromatic heterocycles. The molecule has 0 unspecified atom stereocenters. The van der Waals surface area contributed by atoms with Crippen LogP contribution in [-0.4, -0.2) is 44.6 Å². The Labute approximate surface area is 170 Å². The summed E-state index contributed by atoms with van der Waals surface area (Å²) in [7, 11) is 5.06. The van der Waals surface area contributed by atoms with Gasteiger partial charge in [0.05, 0.1) is 12.7 Å². The summed E-state index contributed by atoms with van der Waals surface area (Å²) in [6, 6.07) is 18.9. The maximum atomic E-state index is 12.4. The van der Waals surface area contributed by atoms with Gasteiger partial charge in [0.25, 0.3) is 5.91 Å². The van der Waals surface area contributed by atoms with Crippen LogP contribution < -0.4 is 10.1 Å². The van der Waals surface area contributed by atoms with E-state index >= 15 is 0 Å². The second-order valence-electron chi connectivity index (χ2n) is 6.67. The minimum absolute atomic E-state index is 0.268. The molecule has 1 amide bonds. The molecule has 6 heteroatoms. The van der Waals surface area contributed by atoms with E-state index in [2.05, 4.69) is 5.32 Å². The van der Waals surface area contributed by atoms with Crippen molar-refractivity contribution >= 4 is 28.3 Å². The zero-order valence-corrected chi connectivity index (χ0v) is 16.8. The molecule has 0 aliphatic carbocycles. The minimum atomic E-state index is -0.531. The number of ether oxygens (including phenoxy) is 2. The zero-order valence-electron chi connectivity index (χ0n) is 16.8. The smallest absolute Gasteiger partial charge is 0.340 e. The van der Waals surface area contributed by atoms with Gasteiger partial charge >= 0.3 is 5.97 Å². The van der Waals surface area contributed by atoms with Gasteiger partial charge in [-0.1, -0.05) is 30.3 Å². The molecule has 3 aromatic rings. The number of carbonyl (C=O) groups is 2. The fourth-order valence-corrected chi connectivity index (χ4v) is 3.05. The number of para-hydroxylation sites is 1. The standard InChI is InChI=1S/C23H24N2O4/c1-24-21-7-5-4-6-20(21)23(27)29-15-22(26)25(2)14-16-8-9-18-13-19(28-3)11-10-17(18)12-16/h4-13,24H,14-15H2,1-3H3. The van der Waals surface area contributed by atoms with Crippen LogP contribution in [0.1, 0.15) is 15.9 Å². The molecule has 0 radical (unpaired) electrons. The van der Waals surface area contributed by atoms with Crippen molar-refractivity contribution in [3.8, 4) is 5.75 Å². The van der Waals surface area contributed by atoms with E-state index in [1.807, 2.05) is 42.5 Å². The number of likely N-dealkylation sites (N-methyl/N-ethyl adjacent to an activating group) is 1. The van der Waals surface area contributed by atoms with E-state index in [0.717, 1.165) is 22.1 Å². The summed E-state index contributed by atoms with van der Waals surface area (Å²) in [6.45, 7) is 0.115. The van der Waals surface area contributed by atoms with Crippen LogP contribution >= 0.6 is 0 Å². The highest BCUT2D eigenvalue weighted by Crippen LogP contribution is 2.22. The Kier molecular flexibility index (Phi) is 6.34. The van der Waals surface area contributed by atoms with Crippen LogP contribution in [0, 0.1) is 0 Å². The summed E-state index contributed by atoms with van der Waals surface area (Å²) in [6.07, 6.45) is 0. The molecule has 1 N–H and O–H groups in total. The van der Waals surface area contributed by atoms with Crippen LogP contribution in [-0.2, 0) is 16.1 Å². The Bertz CT molecular complexity index is 1030. The molecular formula is C23H24N2O4. The van der Waals surface area contributed by atoms with Crippen molar-refractivity contribution in [2.24, 2.45) is 0 Å². The highest BCUT2D eigenvalue weighted by atomic mass is 16.5. The van der Waals surface area contributed by atoms with Crippen molar-refractivity contribution in [2.75, 3.05) is 33.1 Å². The number of nitrogens with zero attached hydrogens (tertiary/aromatic N) is 1. The van der Waals surface area contributed by atoms with Gasteiger partial charge in [-0.05, 0) is 46.7 Å². The van der Waals surface area contributed by atoms with Gasteiger partial charge in [0.2, 0.25) is 0 Å². The number of anilines is 1. The van der Waals surface area contributed by atoms with Crippen molar-refractivity contribution in [1.29, 1.82) is 0 Å². The Balaban J connectivity index is 1.60. The quantitative estimate of drug-likeness (QED) is 0.621. The molecule has 0 spiro atoms. The highest BCUT2D eigenvalue weighted by Gasteiger charge is 2.16. The maximum Gasteiger partial charge on any atom is 0.340 e. The Morgan fingerprint density at radius 1 is 1.00 bits per heavy atom. The van der Waals surface area contributed by atoms with E-state index in [1.54, 1.807) is 44.3 Å². The molecule has 29 heavy (non-hydrogen) atoms. The van der Waals surface area contributed by atoms with Gasteiger partial charge in [0, 0.05) is 26.3 Å². The third-order valence-corrected chi connectivity index (χ3v) is 4.70. The maximum absolute atomic E-state index is 12.4. The lowest BCUT2D eigenvalue weighted by molar-refractivity contribution is -0.133. The second kappa shape index (κ2) is 9.10. The second-order valence-corrected chi connectivity index (χ2v) is 6.67. The molecule has 0 aliphatic rings. The SMILES string of the molecule is CNc1ccccc1C(=O)OCC(=O)N(C)Cc1ccc2cc(OC)ccc2c1. The van der Waals surface area contributed by atoms with Crippen molar-refractivity contribution in [3.05, 3.63) is 71.8 Å². The number of rotatable bonds is 7. The number of fused-ring (bicyclic) bond motifs is 1. The number of benzene rings is 3. The van der Waals surface area contributed by atoms with E-state index in [1.165, 1.54) is 0 Å². The molecule has 0 fully saturated rings. The Morgan fingerprint density at radius 3 is 2.48 bits per heavy atom. The number of hydrogen-bond donors (Lipinski definition) is 1. The number of nitrogens with one attached hydrogen (secondary N) is 1. The van der Waals surface area contributed by atoms with E-state index in [9.17, 15) is 9.59 Å². The van der Waals surface area contributed by atoms with Gasteiger partial charge in [-0.15, -0.1) is 0 Å². The largest absolute Gasteiger partial charge is 0.497 e. The molecule has 0 heterocycles. The summed E-state index contributed by atoms with van der Waals surface area (Å²) in [5.41, 5.74) is 2.05. The van der Waals surface area contributed by atoms with Crippen molar-refractivity contribution < 1.29 is 19.1 Å². The molecule has 0 saturated heterocycles. The number of esters is 1. The highest BCUT2D eigenvalue weighted by molar-refractivity contribution is 5.96. The van der Waals surface area contributed by atoms with Gasteiger partial charge in [0.1, 0.15) is 5.75 Å². The van der Waals surface area contributed by atoms with Crippen LogP contribution in [0.5, 0.6) is 5.75 Å². The van der Waals surface area contributed by atoms with Crippen molar-refractivity contribution in [2.45, 2.75) is 6.54 Å². The summed E-state index contributed by atoms with van der Waals surface area (Å²) in [4.78, 5) is 26.2. The predicted molar refractivity (Wildman–Crippen MR) is 113 cm³/mol. The lowest BCUT2D eigenvalue weighted by Crippen LogP contribution is -2.30. The summed E-state index contributed by atoms with van der Waals surface area (Å²) >= 11 is 0. The first-order valence-electron chi connectivity index (χ1n) is 9.26. The average molecular weight is 392 g/mol. The Morgan fingerprint density at radius 2 is 1.72 bits per heavy atom. The van der Waals surface area contributed by atoms with Gasteiger partial charge in [-0.25, -0.2) is 4.79 Å². The first kappa shape index (κ1) is 20.2. The summed E-state index contributed by atoms with van der Waals surface area (Å²) in [5, 5.41) is 5.07. The van der Waals surface area contributed by atoms with Gasteiger partial charge < -0.3 is 19.7 Å². The zero-order chi connectivity index (χ0) is 20.8. The average Bonchev–Trinajstić information content (AvgIpc) is 2.76. The lowest BCUT2D eigenvalue weighted by atomic mass is 10.1. The van der Waals surface area contributed by atoms with Crippen LogP contribution in [0.15, 0.2) is 60.7 Å². The topological polar surface area (TPSA) is 67.9 Å². The number of amides is 1. The molecule has 0 aliphatic heterocycles. The molecule has 6 nitrogen and oxygen atoms in total. The summed E-state index contributed by atoms with van der Waals surface area (Å²) < 4.78 is 10.4. The van der Waals surface area contributed by atoms with E-state index < -0.39 is 5.97 Å². The van der Waals surface area contributed by atoms with Crippen LogP contribution in [0.3, 0.4) is 0 Å². The molecule has 0 bridgehead atoms. The van der Waals surface area contributed by atoms with E-state index in [4.69, 9.17) is 9.47 Å². The fraction of sp³-hybridized carbons (Fsp3) is 0.217. The summed E-state index contributed by atoms with van der Waals surface area (Å²) in [5.74, 6) is 0.00526. The predicted octanol–water partition coefficient (Wildman–Crippen LogP) is 3.71. The molecule has 3 rings (SSSR count). The van der Waals surface area contributed by atoms with Crippen LogP contribution in [0.25, 0.3) is 10.8 Å². The minimum Gasteiger partial charge on any atom is -0.497 e. The molecule has 0 saturated carbocycles. The van der Waals surface area contributed by atoms with E-state index in [-0.39, 0.29) is 12.5 Å². The molecular weight excluding hydrogens is 368 g/mol. The van der Waals surface area contributed by atoms with Crippen LogP contribution in [0.2, 0.25) is 0 Å². The lowest BCUT2D eigenvalue weighted by Gasteiger charge is -2.18. The Hall–Kier alpha value is -3.54. The first-order valence-corrected chi connectivity index (χ1v) is 9.26. The first-order chi connectivity index (χ1) is 14.0. The molecule has 0 atom stereocenters. The number of carbonyl (C=O) groups excluding carboxylic acids is 2. The number of methoxy groups -OCH3 is 1. The third kappa shape index (κ3) is 4.85. The van der Waals surface area contributed by atoms with E-state index in [0.29, 0.717) is 17.8 Å². The molecule has 3 aromatic carbocycles. The van der Waals surface area contributed by atoms with Gasteiger partial charge in [0.15, 0.2) is 6.61 Å². The van der Waals surface area contributed by atoms with Gasteiger partial charge in [-0.2, -0.15) is 0 Å². The van der Waals surface area contributed by atoms with Crippen molar-refractivity contribution in [3.63, 3.8) is 0 Å². The van der Waals surface area contributed by atoms with Crippen LogP contribution in [0.4, 0.5) is 5.69 Å². The number of hydrogen-bond acceptors (Lipinski definition) is 5. The monoisotopic (exact) mass is 392 g/mol. The molecule has 150 valence electrons. The third-order valence-electron chi connectivity index (χ3n) is 4.70.